The molecular weight excluding hydrogens is 466 g/mol. The quantitative estimate of drug-likeness (QED) is 0.559. The number of nitrogens with zero attached hydrogens (tertiary/aromatic N) is 2. The second-order valence-corrected chi connectivity index (χ2v) is 8.95. The lowest BCUT2D eigenvalue weighted by Gasteiger charge is -2.35. The van der Waals surface area contributed by atoms with Crippen LogP contribution >= 0.6 is 22.9 Å². The van der Waals surface area contributed by atoms with Crippen LogP contribution in [0.2, 0.25) is 5.02 Å². The molecule has 0 spiro atoms. The monoisotopic (exact) mass is 493 g/mol. The Labute approximate surface area is 202 Å². The summed E-state index contributed by atoms with van der Waals surface area (Å²) < 4.78 is 10.2. The number of hydrogen-bond donors (Lipinski definition) is 1. The summed E-state index contributed by atoms with van der Waals surface area (Å²) in [6.45, 7) is 8.67. The van der Waals surface area contributed by atoms with Crippen LogP contribution in [0.5, 0.6) is 0 Å². The number of halogens is 1. The fraction of sp³-hybridized carbons (Fsp3) is 0.435. The first kappa shape index (κ1) is 25.0. The molecule has 0 unspecified atom stereocenters. The summed E-state index contributed by atoms with van der Waals surface area (Å²) in [6.07, 6.45) is 0. The molecule has 1 aliphatic heterocycles. The molecule has 0 atom stereocenters. The Morgan fingerprint density at radius 2 is 1.61 bits per heavy atom. The van der Waals surface area contributed by atoms with Crippen molar-refractivity contribution in [1.29, 1.82) is 0 Å². The third-order valence-electron chi connectivity index (χ3n) is 5.27. The van der Waals surface area contributed by atoms with Crippen molar-refractivity contribution in [2.75, 3.05) is 56.2 Å². The molecule has 8 nitrogen and oxygen atoms in total. The number of anilines is 2. The Morgan fingerprint density at radius 3 is 2.21 bits per heavy atom. The number of thiophene rings is 1. The molecule has 0 radical (unpaired) electrons. The van der Waals surface area contributed by atoms with Crippen molar-refractivity contribution in [1.82, 2.24) is 4.90 Å². The molecule has 1 fully saturated rings. The zero-order chi connectivity index (χ0) is 24.0. The maximum absolute atomic E-state index is 12.8. The highest BCUT2D eigenvalue weighted by Gasteiger charge is 2.28. The second-order valence-electron chi connectivity index (χ2n) is 7.49. The lowest BCUT2D eigenvalue weighted by molar-refractivity contribution is -0.117. The highest BCUT2D eigenvalue weighted by Crippen LogP contribution is 2.34. The smallest absolute Gasteiger partial charge is 0.348 e. The van der Waals surface area contributed by atoms with Crippen LogP contribution in [0.25, 0.3) is 0 Å². The maximum Gasteiger partial charge on any atom is 0.348 e. The lowest BCUT2D eigenvalue weighted by Crippen LogP contribution is -2.48. The summed E-state index contributed by atoms with van der Waals surface area (Å²) in [6, 6.07) is 7.71. The predicted molar refractivity (Wildman–Crippen MR) is 130 cm³/mol. The Kier molecular flexibility index (Phi) is 8.71. The number of benzene rings is 1. The summed E-state index contributed by atoms with van der Waals surface area (Å²) >= 11 is 7.00. The third kappa shape index (κ3) is 6.25. The number of piperazine rings is 1. The molecule has 2 heterocycles. The number of esters is 2. The SMILES string of the molecule is CCOC(=O)c1sc(NC(=O)CN2CCN(c3ccc(Cl)cc3)CC2)c(C(=O)OCC)c1C. The van der Waals surface area contributed by atoms with Crippen molar-refractivity contribution >= 4 is 51.5 Å². The third-order valence-corrected chi connectivity index (χ3v) is 6.71. The van der Waals surface area contributed by atoms with Gasteiger partial charge in [0.05, 0.1) is 25.3 Å². The standard InChI is InChI=1S/C23H28ClN3O5S/c1-4-31-22(29)19-15(3)20(23(30)32-5-2)33-21(19)25-18(28)14-26-10-12-27(13-11-26)17-8-6-16(24)7-9-17/h6-9H,4-5,10-14H2,1-3H3,(H,25,28). The van der Waals surface area contributed by atoms with Gasteiger partial charge >= 0.3 is 11.9 Å². The van der Waals surface area contributed by atoms with Gasteiger partial charge in [-0.25, -0.2) is 9.59 Å². The number of amides is 1. The number of hydrogen-bond acceptors (Lipinski definition) is 8. The van der Waals surface area contributed by atoms with E-state index in [1.165, 1.54) is 0 Å². The number of carbonyl (C=O) groups excluding carboxylic acids is 3. The first-order chi connectivity index (χ1) is 15.8. The van der Waals surface area contributed by atoms with E-state index in [-0.39, 0.29) is 36.1 Å². The van der Waals surface area contributed by atoms with Crippen LogP contribution in [-0.2, 0) is 14.3 Å². The Bertz CT molecular complexity index is 1000. The maximum atomic E-state index is 12.8. The van der Waals surface area contributed by atoms with Gasteiger partial charge < -0.3 is 19.7 Å². The van der Waals surface area contributed by atoms with Crippen LogP contribution in [0.3, 0.4) is 0 Å². The minimum Gasteiger partial charge on any atom is -0.462 e. The second kappa shape index (κ2) is 11.5. The summed E-state index contributed by atoms with van der Waals surface area (Å²) in [4.78, 5) is 42.1. The van der Waals surface area contributed by atoms with Gasteiger partial charge in [-0.1, -0.05) is 11.6 Å². The molecule has 0 bridgehead atoms. The predicted octanol–water partition coefficient (Wildman–Crippen LogP) is 3.82. The molecule has 3 rings (SSSR count). The van der Waals surface area contributed by atoms with Crippen LogP contribution < -0.4 is 10.2 Å². The summed E-state index contributed by atoms with van der Waals surface area (Å²) in [5.74, 6) is -1.35. The van der Waals surface area contributed by atoms with E-state index in [0.29, 0.717) is 15.6 Å². The number of rotatable bonds is 8. The molecule has 0 aliphatic carbocycles. The van der Waals surface area contributed by atoms with Crippen molar-refractivity contribution in [3.8, 4) is 0 Å². The molecule has 1 amide bonds. The molecule has 10 heteroatoms. The van der Waals surface area contributed by atoms with Gasteiger partial charge in [0.25, 0.3) is 0 Å². The lowest BCUT2D eigenvalue weighted by atomic mass is 10.1. The molecule has 1 N–H and O–H groups in total. The van der Waals surface area contributed by atoms with E-state index in [0.717, 1.165) is 43.2 Å². The van der Waals surface area contributed by atoms with E-state index in [1.807, 2.05) is 24.3 Å². The Morgan fingerprint density at radius 1 is 1.00 bits per heavy atom. The van der Waals surface area contributed by atoms with Gasteiger partial charge in [-0.15, -0.1) is 11.3 Å². The summed E-state index contributed by atoms with van der Waals surface area (Å²) in [5.41, 5.74) is 1.75. The van der Waals surface area contributed by atoms with Gasteiger partial charge in [0.2, 0.25) is 5.91 Å². The largest absolute Gasteiger partial charge is 0.462 e. The topological polar surface area (TPSA) is 88.2 Å². The summed E-state index contributed by atoms with van der Waals surface area (Å²) in [5, 5.41) is 3.81. The van der Waals surface area contributed by atoms with Crippen molar-refractivity contribution in [2.45, 2.75) is 20.8 Å². The van der Waals surface area contributed by atoms with Gasteiger partial charge in [0.15, 0.2) is 0 Å². The normalized spacial score (nSPS) is 14.1. The van der Waals surface area contributed by atoms with Crippen LogP contribution in [0, 0.1) is 6.92 Å². The van der Waals surface area contributed by atoms with Gasteiger partial charge in [-0.05, 0) is 50.6 Å². The summed E-state index contributed by atoms with van der Waals surface area (Å²) in [7, 11) is 0. The van der Waals surface area contributed by atoms with Crippen molar-refractivity contribution < 1.29 is 23.9 Å². The zero-order valence-electron chi connectivity index (χ0n) is 19.0. The molecule has 33 heavy (non-hydrogen) atoms. The molecule has 1 aromatic carbocycles. The first-order valence-electron chi connectivity index (χ1n) is 10.8. The molecule has 1 aromatic heterocycles. The van der Waals surface area contributed by atoms with Crippen LogP contribution in [0.1, 0.15) is 39.4 Å². The molecule has 178 valence electrons. The molecular formula is C23H28ClN3O5S. The highest BCUT2D eigenvalue weighted by molar-refractivity contribution is 7.18. The number of nitrogens with one attached hydrogen (secondary N) is 1. The van der Waals surface area contributed by atoms with Gasteiger partial charge in [0.1, 0.15) is 9.88 Å². The van der Waals surface area contributed by atoms with E-state index < -0.39 is 11.9 Å². The van der Waals surface area contributed by atoms with E-state index in [9.17, 15) is 14.4 Å². The van der Waals surface area contributed by atoms with Crippen LogP contribution in [-0.4, -0.2) is 68.7 Å². The minimum atomic E-state index is -0.575. The average molecular weight is 494 g/mol. The van der Waals surface area contributed by atoms with Crippen molar-refractivity contribution in [2.24, 2.45) is 0 Å². The van der Waals surface area contributed by atoms with E-state index >= 15 is 0 Å². The Balaban J connectivity index is 1.64. The fourth-order valence-electron chi connectivity index (χ4n) is 3.63. The van der Waals surface area contributed by atoms with Gasteiger partial charge in [-0.3, -0.25) is 9.69 Å². The molecule has 1 aliphatic rings. The molecule has 0 saturated carbocycles. The highest BCUT2D eigenvalue weighted by atomic mass is 35.5. The minimum absolute atomic E-state index is 0.183. The van der Waals surface area contributed by atoms with Crippen LogP contribution in [0.15, 0.2) is 24.3 Å². The van der Waals surface area contributed by atoms with Crippen LogP contribution in [0.4, 0.5) is 10.7 Å². The Hall–Kier alpha value is -2.62. The van der Waals surface area contributed by atoms with Crippen molar-refractivity contribution in [3.63, 3.8) is 0 Å². The fourth-order valence-corrected chi connectivity index (χ4v) is 4.86. The first-order valence-corrected chi connectivity index (χ1v) is 12.0. The average Bonchev–Trinajstić information content (AvgIpc) is 3.11. The number of ether oxygens (including phenoxy) is 2. The van der Waals surface area contributed by atoms with Crippen molar-refractivity contribution in [3.05, 3.63) is 45.3 Å². The van der Waals surface area contributed by atoms with E-state index in [1.54, 1.807) is 20.8 Å². The number of carbonyl (C=O) groups is 3. The molecule has 2 aromatic rings. The molecule has 1 saturated heterocycles. The van der Waals surface area contributed by atoms with Gasteiger partial charge in [-0.2, -0.15) is 0 Å². The van der Waals surface area contributed by atoms with E-state index in [2.05, 4.69) is 15.1 Å². The van der Waals surface area contributed by atoms with Gasteiger partial charge in [0, 0.05) is 36.9 Å². The zero-order valence-corrected chi connectivity index (χ0v) is 20.6. The van der Waals surface area contributed by atoms with E-state index in [4.69, 9.17) is 21.1 Å².